The molecule has 2 atom stereocenters. The van der Waals surface area contributed by atoms with Crippen LogP contribution in [0.3, 0.4) is 0 Å². The van der Waals surface area contributed by atoms with Gasteiger partial charge in [0.25, 0.3) is 5.91 Å². The third-order valence-electron chi connectivity index (χ3n) is 5.74. The molecule has 1 fully saturated rings. The van der Waals surface area contributed by atoms with Crippen LogP contribution in [0.2, 0.25) is 0 Å². The van der Waals surface area contributed by atoms with Crippen molar-refractivity contribution in [1.29, 1.82) is 0 Å². The lowest BCUT2D eigenvalue weighted by Crippen LogP contribution is -2.64. The minimum Gasteiger partial charge on any atom is -0.396 e. The molecule has 0 spiro atoms. The van der Waals surface area contributed by atoms with E-state index >= 15 is 0 Å². The molecular formula is C20H25N5O3. The molecule has 28 heavy (non-hydrogen) atoms. The van der Waals surface area contributed by atoms with Crippen LogP contribution in [0.4, 0.5) is 10.5 Å². The number of benzene rings is 1. The van der Waals surface area contributed by atoms with Gasteiger partial charge in [-0.15, -0.1) is 0 Å². The van der Waals surface area contributed by atoms with E-state index in [-0.39, 0.29) is 25.1 Å². The quantitative estimate of drug-likeness (QED) is 0.855. The molecule has 3 heterocycles. The van der Waals surface area contributed by atoms with E-state index in [4.69, 9.17) is 10.1 Å². The Bertz CT molecular complexity index is 909. The number of likely N-dealkylation sites (N-methyl/N-ethyl adjacent to an activating group) is 1. The molecule has 8 nitrogen and oxygen atoms in total. The first kappa shape index (κ1) is 18.5. The van der Waals surface area contributed by atoms with Crippen LogP contribution in [-0.4, -0.2) is 70.1 Å². The van der Waals surface area contributed by atoms with Gasteiger partial charge in [0.2, 0.25) is 5.96 Å². The van der Waals surface area contributed by atoms with Crippen molar-refractivity contribution in [3.63, 3.8) is 0 Å². The number of amides is 3. The number of hydrogen-bond acceptors (Lipinski definition) is 6. The standard InChI is InChI=1S/C20H25N5O3/c1-12-7-5-8-15(14(12)3)25-13(2)11-24-16-17(21-19(24)25)22(4)20(28)23(18(16)27)9-6-10-26/h5,7-8,11,16-17,26H,6,9-10H2,1-4H3. The van der Waals surface area contributed by atoms with E-state index in [1.54, 1.807) is 7.05 Å². The Morgan fingerprint density at radius 1 is 1.18 bits per heavy atom. The molecule has 4 rings (SSSR count). The highest BCUT2D eigenvalue weighted by Crippen LogP contribution is 2.38. The summed E-state index contributed by atoms with van der Waals surface area (Å²) in [5.41, 5.74) is 4.32. The van der Waals surface area contributed by atoms with Gasteiger partial charge in [-0.2, -0.15) is 0 Å². The molecule has 1 aromatic rings. The van der Waals surface area contributed by atoms with Crippen molar-refractivity contribution in [2.75, 3.05) is 25.1 Å². The molecule has 3 amide bonds. The Morgan fingerprint density at radius 2 is 1.93 bits per heavy atom. The molecular weight excluding hydrogens is 358 g/mol. The third-order valence-corrected chi connectivity index (χ3v) is 5.74. The molecule has 0 aliphatic carbocycles. The first-order valence-electron chi connectivity index (χ1n) is 9.46. The highest BCUT2D eigenvalue weighted by Gasteiger charge is 2.54. The van der Waals surface area contributed by atoms with Crippen molar-refractivity contribution in [2.45, 2.75) is 39.4 Å². The van der Waals surface area contributed by atoms with Gasteiger partial charge in [-0.3, -0.25) is 14.6 Å². The summed E-state index contributed by atoms with van der Waals surface area (Å²) >= 11 is 0. The minimum atomic E-state index is -0.582. The van der Waals surface area contributed by atoms with Gasteiger partial charge in [0.05, 0.1) is 5.69 Å². The summed E-state index contributed by atoms with van der Waals surface area (Å²) in [4.78, 5) is 37.2. The Hall–Kier alpha value is -2.87. The van der Waals surface area contributed by atoms with Crippen LogP contribution < -0.4 is 4.90 Å². The van der Waals surface area contributed by atoms with Gasteiger partial charge in [0.15, 0.2) is 12.2 Å². The largest absolute Gasteiger partial charge is 0.396 e. The van der Waals surface area contributed by atoms with Crippen molar-refractivity contribution in [1.82, 2.24) is 14.7 Å². The maximum atomic E-state index is 13.1. The van der Waals surface area contributed by atoms with Crippen molar-refractivity contribution in [3.05, 3.63) is 41.2 Å². The number of aryl methyl sites for hydroxylation is 1. The number of aliphatic hydroxyl groups is 1. The lowest BCUT2D eigenvalue weighted by molar-refractivity contribution is -0.136. The second kappa shape index (κ2) is 6.63. The second-order valence-corrected chi connectivity index (χ2v) is 7.48. The fourth-order valence-corrected chi connectivity index (χ4v) is 4.06. The van der Waals surface area contributed by atoms with Crippen LogP contribution >= 0.6 is 0 Å². The summed E-state index contributed by atoms with van der Waals surface area (Å²) in [6, 6.07) is 5.16. The summed E-state index contributed by atoms with van der Waals surface area (Å²) in [6.45, 7) is 6.26. The normalized spacial score (nSPS) is 23.9. The number of carbonyl (C=O) groups excluding carboxylic acids is 2. The van der Waals surface area contributed by atoms with Gasteiger partial charge in [0.1, 0.15) is 0 Å². The zero-order valence-electron chi connectivity index (χ0n) is 16.6. The number of fused-ring (bicyclic) bond motifs is 3. The number of hydrogen-bond donors (Lipinski definition) is 1. The average molecular weight is 383 g/mol. The molecule has 3 aliphatic rings. The number of allylic oxidation sites excluding steroid dienone is 1. The van der Waals surface area contributed by atoms with Crippen molar-refractivity contribution < 1.29 is 14.7 Å². The third kappa shape index (κ3) is 2.51. The highest BCUT2D eigenvalue weighted by atomic mass is 16.3. The molecule has 1 N–H and O–H groups in total. The predicted octanol–water partition coefficient (Wildman–Crippen LogP) is 1.63. The van der Waals surface area contributed by atoms with E-state index in [0.717, 1.165) is 16.9 Å². The fraction of sp³-hybridized carbons (Fsp3) is 0.450. The molecule has 0 radical (unpaired) electrons. The van der Waals surface area contributed by atoms with Gasteiger partial charge in [-0.05, 0) is 44.4 Å². The number of imide groups is 1. The predicted molar refractivity (Wildman–Crippen MR) is 106 cm³/mol. The van der Waals surface area contributed by atoms with Gasteiger partial charge >= 0.3 is 6.03 Å². The van der Waals surface area contributed by atoms with Crippen LogP contribution in [0.1, 0.15) is 24.5 Å². The number of aliphatic hydroxyl groups excluding tert-OH is 1. The molecule has 2 unspecified atom stereocenters. The van der Waals surface area contributed by atoms with Gasteiger partial charge in [0, 0.05) is 32.1 Å². The van der Waals surface area contributed by atoms with Crippen LogP contribution in [0, 0.1) is 13.8 Å². The Labute approximate surface area is 164 Å². The maximum absolute atomic E-state index is 13.1. The number of carbonyl (C=O) groups is 2. The van der Waals surface area contributed by atoms with Crippen molar-refractivity contribution >= 4 is 23.6 Å². The number of urea groups is 1. The topological polar surface area (TPSA) is 79.7 Å². The van der Waals surface area contributed by atoms with E-state index in [1.165, 1.54) is 15.4 Å². The molecule has 0 bridgehead atoms. The van der Waals surface area contributed by atoms with Crippen LogP contribution in [-0.2, 0) is 4.79 Å². The van der Waals surface area contributed by atoms with E-state index in [2.05, 4.69) is 19.9 Å². The molecule has 0 aromatic heterocycles. The van der Waals surface area contributed by atoms with Gasteiger partial charge < -0.3 is 14.9 Å². The number of anilines is 1. The lowest BCUT2D eigenvalue weighted by atomic mass is 10.1. The molecule has 1 saturated heterocycles. The monoisotopic (exact) mass is 383 g/mol. The van der Waals surface area contributed by atoms with Crippen molar-refractivity contribution in [3.8, 4) is 0 Å². The van der Waals surface area contributed by atoms with Crippen LogP contribution in [0.25, 0.3) is 0 Å². The molecule has 148 valence electrons. The second-order valence-electron chi connectivity index (χ2n) is 7.48. The summed E-state index contributed by atoms with van der Waals surface area (Å²) in [6.07, 6.45) is 1.73. The highest BCUT2D eigenvalue weighted by molar-refractivity contribution is 6.10. The molecule has 3 aliphatic heterocycles. The van der Waals surface area contributed by atoms with Gasteiger partial charge in [-0.1, -0.05) is 12.1 Å². The summed E-state index contributed by atoms with van der Waals surface area (Å²) in [5, 5.41) is 9.10. The smallest absolute Gasteiger partial charge is 0.328 e. The Kier molecular flexibility index (Phi) is 4.38. The number of aliphatic imine (C=N–C) groups is 1. The van der Waals surface area contributed by atoms with E-state index in [9.17, 15) is 9.59 Å². The number of guanidine groups is 1. The SMILES string of the molecule is CC1=CN2C(=NC3C2C(=O)N(CCCO)C(=O)N3C)N1c1cccc(C)c1C. The van der Waals surface area contributed by atoms with E-state index in [1.807, 2.05) is 35.1 Å². The maximum Gasteiger partial charge on any atom is 0.328 e. The zero-order valence-corrected chi connectivity index (χ0v) is 16.6. The zero-order chi connectivity index (χ0) is 20.2. The lowest BCUT2D eigenvalue weighted by Gasteiger charge is -2.40. The average Bonchev–Trinajstić information content (AvgIpc) is 3.17. The van der Waals surface area contributed by atoms with Crippen LogP contribution in [0.15, 0.2) is 35.1 Å². The molecule has 1 aromatic carbocycles. The Balaban J connectivity index is 1.72. The first-order valence-corrected chi connectivity index (χ1v) is 9.46. The molecule has 0 saturated carbocycles. The summed E-state index contributed by atoms with van der Waals surface area (Å²) in [7, 11) is 1.67. The first-order chi connectivity index (χ1) is 13.4. The van der Waals surface area contributed by atoms with Gasteiger partial charge in [-0.25, -0.2) is 9.79 Å². The van der Waals surface area contributed by atoms with E-state index < -0.39 is 12.2 Å². The summed E-state index contributed by atoms with van der Waals surface area (Å²) < 4.78 is 0. The Morgan fingerprint density at radius 3 is 2.64 bits per heavy atom. The van der Waals surface area contributed by atoms with E-state index in [0.29, 0.717) is 12.4 Å². The number of nitrogens with zero attached hydrogens (tertiary/aromatic N) is 5. The molecule has 8 heteroatoms. The van der Waals surface area contributed by atoms with Crippen molar-refractivity contribution in [2.24, 2.45) is 4.99 Å². The van der Waals surface area contributed by atoms with Crippen LogP contribution in [0.5, 0.6) is 0 Å². The fourth-order valence-electron chi connectivity index (χ4n) is 4.06. The number of rotatable bonds is 4. The minimum absolute atomic E-state index is 0.0697. The summed E-state index contributed by atoms with van der Waals surface area (Å²) in [5.74, 6) is 0.394.